The molecule has 7 nitrogen and oxygen atoms in total. The van der Waals surface area contributed by atoms with Gasteiger partial charge in [0, 0.05) is 43.9 Å². The standard InChI is InChI=1S/C14H19N5O2S/c1-9-10(2)22-14(15-9)19-7-5-18(6-8-19)13(21)11-3-4-12(20)17-16-11/h3-8H2,1-2H3,(H,17,20). The number of amides is 2. The normalized spacial score (nSPS) is 19.0. The van der Waals surface area contributed by atoms with Crippen molar-refractivity contribution in [1.82, 2.24) is 15.3 Å². The summed E-state index contributed by atoms with van der Waals surface area (Å²) < 4.78 is 0. The summed E-state index contributed by atoms with van der Waals surface area (Å²) >= 11 is 1.70. The molecule has 2 aliphatic rings. The van der Waals surface area contributed by atoms with Crippen LogP contribution in [0, 0.1) is 13.8 Å². The van der Waals surface area contributed by atoms with Crippen LogP contribution in [0.25, 0.3) is 0 Å². The summed E-state index contributed by atoms with van der Waals surface area (Å²) in [5.41, 5.74) is 3.91. The monoisotopic (exact) mass is 321 g/mol. The topological polar surface area (TPSA) is 77.9 Å². The molecule has 2 aliphatic heterocycles. The van der Waals surface area contributed by atoms with Gasteiger partial charge in [0.1, 0.15) is 5.71 Å². The number of carbonyl (C=O) groups excluding carboxylic acids is 2. The highest BCUT2D eigenvalue weighted by Crippen LogP contribution is 2.26. The Balaban J connectivity index is 1.59. The first-order valence-electron chi connectivity index (χ1n) is 7.38. The third kappa shape index (κ3) is 2.96. The number of hydrogen-bond acceptors (Lipinski definition) is 6. The Kier molecular flexibility index (Phi) is 4.10. The maximum atomic E-state index is 12.4. The van der Waals surface area contributed by atoms with Crippen molar-refractivity contribution in [2.45, 2.75) is 26.7 Å². The Morgan fingerprint density at radius 2 is 1.91 bits per heavy atom. The van der Waals surface area contributed by atoms with Gasteiger partial charge in [-0.15, -0.1) is 11.3 Å². The van der Waals surface area contributed by atoms with Crippen LogP contribution in [0.5, 0.6) is 0 Å². The quantitative estimate of drug-likeness (QED) is 0.869. The highest BCUT2D eigenvalue weighted by molar-refractivity contribution is 7.15. The van der Waals surface area contributed by atoms with E-state index < -0.39 is 0 Å². The minimum Gasteiger partial charge on any atom is -0.345 e. The van der Waals surface area contributed by atoms with Crippen molar-refractivity contribution < 1.29 is 9.59 Å². The third-order valence-corrected chi connectivity index (χ3v) is 5.14. The molecule has 2 amide bonds. The molecule has 0 unspecified atom stereocenters. The van der Waals surface area contributed by atoms with E-state index in [1.165, 1.54) is 4.88 Å². The van der Waals surface area contributed by atoms with Gasteiger partial charge in [0.05, 0.1) is 5.69 Å². The molecule has 0 spiro atoms. The fraction of sp³-hybridized carbons (Fsp3) is 0.571. The van der Waals surface area contributed by atoms with Gasteiger partial charge in [-0.1, -0.05) is 0 Å². The van der Waals surface area contributed by atoms with E-state index in [1.807, 2.05) is 6.92 Å². The molecule has 1 fully saturated rings. The summed E-state index contributed by atoms with van der Waals surface area (Å²) in [5, 5.41) is 4.91. The maximum absolute atomic E-state index is 12.4. The number of hydrazone groups is 1. The van der Waals surface area contributed by atoms with Crippen LogP contribution in [0.4, 0.5) is 5.13 Å². The molecule has 0 atom stereocenters. The molecule has 1 aromatic rings. The maximum Gasteiger partial charge on any atom is 0.270 e. The zero-order valence-electron chi connectivity index (χ0n) is 12.8. The summed E-state index contributed by atoms with van der Waals surface area (Å²) in [7, 11) is 0. The van der Waals surface area contributed by atoms with Gasteiger partial charge in [0.25, 0.3) is 5.91 Å². The average Bonchev–Trinajstić information content (AvgIpc) is 2.87. The first kappa shape index (κ1) is 15.0. The lowest BCUT2D eigenvalue weighted by Crippen LogP contribution is -2.51. The van der Waals surface area contributed by atoms with Gasteiger partial charge in [-0.05, 0) is 13.8 Å². The van der Waals surface area contributed by atoms with Gasteiger partial charge in [0.15, 0.2) is 5.13 Å². The van der Waals surface area contributed by atoms with Gasteiger partial charge >= 0.3 is 0 Å². The fourth-order valence-corrected chi connectivity index (χ4v) is 3.46. The van der Waals surface area contributed by atoms with E-state index >= 15 is 0 Å². The predicted octanol–water partition coefficient (Wildman–Crippen LogP) is 0.675. The van der Waals surface area contributed by atoms with Gasteiger partial charge in [-0.3, -0.25) is 9.59 Å². The Morgan fingerprint density at radius 1 is 1.18 bits per heavy atom. The Bertz CT molecular complexity index is 612. The van der Waals surface area contributed by atoms with Crippen molar-refractivity contribution >= 4 is 34.0 Å². The van der Waals surface area contributed by atoms with Crippen LogP contribution in [0.1, 0.15) is 23.4 Å². The summed E-state index contributed by atoms with van der Waals surface area (Å²) in [5.74, 6) is -0.193. The number of hydrogen-bond donors (Lipinski definition) is 1. The van der Waals surface area contributed by atoms with Crippen molar-refractivity contribution in [2.24, 2.45) is 5.10 Å². The number of nitrogens with one attached hydrogen (secondary N) is 1. The molecule has 118 valence electrons. The van der Waals surface area contributed by atoms with Crippen molar-refractivity contribution in [3.8, 4) is 0 Å². The molecule has 0 saturated carbocycles. The van der Waals surface area contributed by atoms with Gasteiger partial charge in [-0.2, -0.15) is 5.10 Å². The average molecular weight is 321 g/mol. The van der Waals surface area contributed by atoms with Crippen molar-refractivity contribution in [3.63, 3.8) is 0 Å². The zero-order chi connectivity index (χ0) is 15.7. The fourth-order valence-electron chi connectivity index (χ4n) is 2.50. The van der Waals surface area contributed by atoms with Gasteiger partial charge < -0.3 is 9.80 Å². The number of aromatic nitrogens is 1. The number of aryl methyl sites for hydroxylation is 2. The lowest BCUT2D eigenvalue weighted by Gasteiger charge is -2.35. The van der Waals surface area contributed by atoms with Crippen molar-refractivity contribution in [3.05, 3.63) is 10.6 Å². The summed E-state index contributed by atoms with van der Waals surface area (Å²) in [4.78, 5) is 33.3. The second-order valence-electron chi connectivity index (χ2n) is 5.51. The van der Waals surface area contributed by atoms with E-state index in [-0.39, 0.29) is 11.8 Å². The molecular formula is C14H19N5O2S. The first-order valence-corrected chi connectivity index (χ1v) is 8.20. The predicted molar refractivity (Wildman–Crippen MR) is 85.2 cm³/mol. The summed E-state index contributed by atoms with van der Waals surface area (Å²) in [6, 6.07) is 0. The molecular weight excluding hydrogens is 302 g/mol. The largest absolute Gasteiger partial charge is 0.345 e. The number of piperazine rings is 1. The van der Waals surface area contributed by atoms with Gasteiger partial charge in [-0.25, -0.2) is 10.4 Å². The van der Waals surface area contributed by atoms with E-state index in [0.717, 1.165) is 23.9 Å². The Morgan fingerprint density at radius 3 is 2.45 bits per heavy atom. The van der Waals surface area contributed by atoms with Crippen LogP contribution >= 0.6 is 11.3 Å². The van der Waals surface area contributed by atoms with Crippen LogP contribution in [-0.4, -0.2) is 53.6 Å². The molecule has 0 bridgehead atoms. The van der Waals surface area contributed by atoms with Crippen LogP contribution in [0.2, 0.25) is 0 Å². The van der Waals surface area contributed by atoms with E-state index in [2.05, 4.69) is 27.3 Å². The van der Waals surface area contributed by atoms with Gasteiger partial charge in [0.2, 0.25) is 5.91 Å². The van der Waals surface area contributed by atoms with Crippen LogP contribution in [0.15, 0.2) is 5.10 Å². The number of carbonyl (C=O) groups is 2. The van der Waals surface area contributed by atoms with E-state index in [0.29, 0.717) is 31.6 Å². The minimum atomic E-state index is -0.129. The summed E-state index contributed by atoms with van der Waals surface area (Å²) in [6.07, 6.45) is 0.762. The molecule has 0 aromatic carbocycles. The van der Waals surface area contributed by atoms with Crippen molar-refractivity contribution in [2.75, 3.05) is 31.1 Å². The Labute approximate surface area is 133 Å². The number of rotatable bonds is 2. The number of thiazole rings is 1. The van der Waals surface area contributed by atoms with Crippen LogP contribution in [0.3, 0.4) is 0 Å². The second kappa shape index (κ2) is 6.04. The molecule has 3 rings (SSSR count). The smallest absolute Gasteiger partial charge is 0.270 e. The summed E-state index contributed by atoms with van der Waals surface area (Å²) in [6.45, 7) is 6.96. The van der Waals surface area contributed by atoms with Crippen molar-refractivity contribution in [1.29, 1.82) is 0 Å². The van der Waals surface area contributed by atoms with Crippen LogP contribution < -0.4 is 10.3 Å². The van der Waals surface area contributed by atoms with Crippen LogP contribution in [-0.2, 0) is 9.59 Å². The molecule has 22 heavy (non-hydrogen) atoms. The number of anilines is 1. The molecule has 1 saturated heterocycles. The molecule has 3 heterocycles. The molecule has 1 aromatic heterocycles. The second-order valence-corrected chi connectivity index (χ2v) is 6.69. The Hall–Kier alpha value is -1.96. The number of nitrogens with zero attached hydrogens (tertiary/aromatic N) is 4. The lowest BCUT2D eigenvalue weighted by molar-refractivity contribution is -0.124. The molecule has 0 aliphatic carbocycles. The molecule has 8 heteroatoms. The lowest BCUT2D eigenvalue weighted by atomic mass is 10.1. The highest BCUT2D eigenvalue weighted by atomic mass is 32.1. The van der Waals surface area contributed by atoms with E-state index in [1.54, 1.807) is 16.2 Å². The highest BCUT2D eigenvalue weighted by Gasteiger charge is 2.27. The third-order valence-electron chi connectivity index (χ3n) is 4.01. The molecule has 0 radical (unpaired) electrons. The molecule has 1 N–H and O–H groups in total. The SMILES string of the molecule is Cc1nc(N2CCN(C(=O)C3=NNC(=O)CC3)CC2)sc1C. The first-order chi connectivity index (χ1) is 10.5. The van der Waals surface area contributed by atoms with E-state index in [9.17, 15) is 9.59 Å². The minimum absolute atomic E-state index is 0.0638. The van der Waals surface area contributed by atoms with E-state index in [4.69, 9.17) is 0 Å². The zero-order valence-corrected chi connectivity index (χ0v) is 13.6.